The highest BCUT2D eigenvalue weighted by atomic mass is 16.5. The lowest BCUT2D eigenvalue weighted by Crippen LogP contribution is -2.51. The fourth-order valence-electron chi connectivity index (χ4n) is 3.89. The second-order valence-electron chi connectivity index (χ2n) is 7.24. The van der Waals surface area contributed by atoms with Gasteiger partial charge in [0.05, 0.1) is 18.8 Å². The minimum atomic E-state index is -0.555. The van der Waals surface area contributed by atoms with E-state index in [4.69, 9.17) is 9.47 Å². The number of ether oxygens (including phenoxy) is 2. The molecular weight excluding hydrogens is 370 g/mol. The van der Waals surface area contributed by atoms with Crippen LogP contribution in [0.15, 0.2) is 54.6 Å². The molecule has 1 fully saturated rings. The Morgan fingerprint density at radius 2 is 1.93 bits per heavy atom. The van der Waals surface area contributed by atoms with E-state index in [1.165, 1.54) is 0 Å². The normalized spacial score (nSPS) is 20.5. The number of benzene rings is 2. The van der Waals surface area contributed by atoms with E-state index in [0.717, 1.165) is 11.3 Å². The Bertz CT molecular complexity index is 873. The van der Waals surface area contributed by atoms with Crippen LogP contribution in [-0.2, 0) is 16.1 Å². The molecule has 0 unspecified atom stereocenters. The number of urea groups is 1. The van der Waals surface area contributed by atoms with Gasteiger partial charge < -0.3 is 24.6 Å². The molecule has 2 aromatic rings. The molecule has 0 radical (unpaired) electrons. The van der Waals surface area contributed by atoms with Crippen molar-refractivity contribution in [2.24, 2.45) is 0 Å². The lowest BCUT2D eigenvalue weighted by Gasteiger charge is -2.31. The van der Waals surface area contributed by atoms with Gasteiger partial charge in [0.15, 0.2) is 0 Å². The van der Waals surface area contributed by atoms with Gasteiger partial charge in [-0.1, -0.05) is 42.5 Å². The largest absolute Gasteiger partial charge is 0.486 e. The Kier molecular flexibility index (Phi) is 5.67. The number of methoxy groups -OCH3 is 1. The summed E-state index contributed by atoms with van der Waals surface area (Å²) < 4.78 is 11.4. The number of anilines is 1. The molecule has 2 aliphatic heterocycles. The first kappa shape index (κ1) is 19.3. The third-order valence-corrected chi connectivity index (χ3v) is 5.33. The molecule has 1 N–H and O–H groups in total. The van der Waals surface area contributed by atoms with E-state index in [2.05, 4.69) is 5.32 Å². The first-order valence-corrected chi connectivity index (χ1v) is 9.82. The molecule has 152 valence electrons. The van der Waals surface area contributed by atoms with Crippen LogP contribution in [0.4, 0.5) is 10.5 Å². The SMILES string of the molecule is COCCN1C(=O)[C@@H]2C[C@@H](CN2C(=O)NCc2ccccc2)Oc2ccccc21. The molecule has 2 heterocycles. The van der Waals surface area contributed by atoms with Gasteiger partial charge in [-0.25, -0.2) is 4.79 Å². The Hall–Kier alpha value is -3.06. The quantitative estimate of drug-likeness (QED) is 0.844. The van der Waals surface area contributed by atoms with Crippen LogP contribution in [0.25, 0.3) is 0 Å². The molecule has 2 aromatic carbocycles. The number of carbonyl (C=O) groups is 2. The summed E-state index contributed by atoms with van der Waals surface area (Å²) in [4.78, 5) is 29.6. The zero-order valence-electron chi connectivity index (χ0n) is 16.4. The summed E-state index contributed by atoms with van der Waals surface area (Å²) in [6.45, 7) is 1.59. The first-order chi connectivity index (χ1) is 14.2. The van der Waals surface area contributed by atoms with E-state index in [1.54, 1.807) is 16.9 Å². The van der Waals surface area contributed by atoms with Gasteiger partial charge >= 0.3 is 6.03 Å². The first-order valence-electron chi connectivity index (χ1n) is 9.82. The van der Waals surface area contributed by atoms with E-state index in [0.29, 0.717) is 38.4 Å². The van der Waals surface area contributed by atoms with Crippen molar-refractivity contribution in [2.75, 3.05) is 31.7 Å². The Balaban J connectivity index is 1.55. The highest BCUT2D eigenvalue weighted by molar-refractivity contribution is 6.00. The number of hydrogen-bond acceptors (Lipinski definition) is 4. The van der Waals surface area contributed by atoms with Gasteiger partial charge in [-0.05, 0) is 17.7 Å². The molecule has 7 heteroatoms. The smallest absolute Gasteiger partial charge is 0.318 e. The molecule has 2 bridgehead atoms. The molecule has 0 aliphatic carbocycles. The predicted octanol–water partition coefficient (Wildman–Crippen LogP) is 2.41. The van der Waals surface area contributed by atoms with E-state index >= 15 is 0 Å². The van der Waals surface area contributed by atoms with Crippen molar-refractivity contribution in [3.8, 4) is 5.75 Å². The van der Waals surface area contributed by atoms with E-state index in [1.807, 2.05) is 54.6 Å². The summed E-state index contributed by atoms with van der Waals surface area (Å²) in [6.07, 6.45) is 0.271. The van der Waals surface area contributed by atoms with Crippen molar-refractivity contribution < 1.29 is 19.1 Å². The summed E-state index contributed by atoms with van der Waals surface area (Å²) in [7, 11) is 1.60. The second kappa shape index (κ2) is 8.53. The third-order valence-electron chi connectivity index (χ3n) is 5.33. The second-order valence-corrected chi connectivity index (χ2v) is 7.24. The number of para-hydroxylation sites is 2. The van der Waals surface area contributed by atoms with Crippen molar-refractivity contribution in [1.29, 1.82) is 0 Å². The molecule has 2 atom stereocenters. The van der Waals surface area contributed by atoms with Crippen molar-refractivity contribution >= 4 is 17.6 Å². The summed E-state index contributed by atoms with van der Waals surface area (Å²) in [5.41, 5.74) is 1.73. The Labute approximate surface area is 170 Å². The van der Waals surface area contributed by atoms with Crippen LogP contribution >= 0.6 is 0 Å². The maximum atomic E-state index is 13.4. The minimum absolute atomic E-state index is 0.102. The average Bonchev–Trinajstić information content (AvgIpc) is 3.18. The minimum Gasteiger partial charge on any atom is -0.486 e. The lowest BCUT2D eigenvalue weighted by atomic mass is 10.1. The molecule has 0 saturated carbocycles. The third kappa shape index (κ3) is 4.05. The topological polar surface area (TPSA) is 71.1 Å². The molecular formula is C22H25N3O4. The maximum absolute atomic E-state index is 13.4. The number of rotatable bonds is 5. The zero-order chi connectivity index (χ0) is 20.2. The van der Waals surface area contributed by atoms with Gasteiger partial charge in [0, 0.05) is 26.6 Å². The molecule has 29 heavy (non-hydrogen) atoms. The van der Waals surface area contributed by atoms with Gasteiger partial charge in [0.1, 0.15) is 17.9 Å². The maximum Gasteiger partial charge on any atom is 0.318 e. The van der Waals surface area contributed by atoms with E-state index < -0.39 is 6.04 Å². The zero-order valence-corrected chi connectivity index (χ0v) is 16.4. The number of fused-ring (bicyclic) bond motifs is 3. The molecule has 4 rings (SSSR count). The van der Waals surface area contributed by atoms with Crippen LogP contribution in [0.5, 0.6) is 5.75 Å². The van der Waals surface area contributed by atoms with Crippen LogP contribution in [0, 0.1) is 0 Å². The fourth-order valence-corrected chi connectivity index (χ4v) is 3.89. The van der Waals surface area contributed by atoms with Crippen molar-refractivity contribution in [3.63, 3.8) is 0 Å². The molecule has 7 nitrogen and oxygen atoms in total. The molecule has 3 amide bonds. The van der Waals surface area contributed by atoms with Gasteiger partial charge in [0.2, 0.25) is 5.91 Å². The Morgan fingerprint density at radius 3 is 2.72 bits per heavy atom. The van der Waals surface area contributed by atoms with Gasteiger partial charge in [0.25, 0.3) is 0 Å². The van der Waals surface area contributed by atoms with Crippen LogP contribution in [-0.4, -0.2) is 55.8 Å². The fraction of sp³-hybridized carbons (Fsp3) is 0.364. The summed E-state index contributed by atoms with van der Waals surface area (Å²) in [5.74, 6) is 0.558. The summed E-state index contributed by atoms with van der Waals surface area (Å²) in [6, 6.07) is 16.4. The molecule has 0 spiro atoms. The highest BCUT2D eigenvalue weighted by Crippen LogP contribution is 2.36. The number of likely N-dealkylation sites (tertiary alicyclic amines) is 1. The summed E-state index contributed by atoms with van der Waals surface area (Å²) >= 11 is 0. The predicted molar refractivity (Wildman–Crippen MR) is 109 cm³/mol. The van der Waals surface area contributed by atoms with Gasteiger partial charge in [-0.15, -0.1) is 0 Å². The van der Waals surface area contributed by atoms with E-state index in [9.17, 15) is 9.59 Å². The monoisotopic (exact) mass is 395 g/mol. The molecule has 0 aromatic heterocycles. The standard InChI is InChI=1S/C22H25N3O4/c1-28-12-11-24-18-9-5-6-10-20(18)29-17-13-19(21(24)26)25(15-17)22(27)23-14-16-7-3-2-4-8-16/h2-10,17,19H,11-15H2,1H3,(H,23,27)/t17-,19-/m0/s1. The van der Waals surface area contributed by atoms with Gasteiger partial charge in [-0.2, -0.15) is 0 Å². The van der Waals surface area contributed by atoms with Crippen molar-refractivity contribution in [2.45, 2.75) is 25.1 Å². The number of nitrogens with zero attached hydrogens (tertiary/aromatic N) is 2. The summed E-state index contributed by atoms with van der Waals surface area (Å²) in [5, 5.41) is 2.93. The van der Waals surface area contributed by atoms with Crippen LogP contribution < -0.4 is 15.0 Å². The molecule has 2 aliphatic rings. The van der Waals surface area contributed by atoms with Crippen LogP contribution in [0.2, 0.25) is 0 Å². The average molecular weight is 395 g/mol. The van der Waals surface area contributed by atoms with Crippen molar-refractivity contribution in [3.05, 3.63) is 60.2 Å². The van der Waals surface area contributed by atoms with Gasteiger partial charge in [-0.3, -0.25) is 4.79 Å². The van der Waals surface area contributed by atoms with Crippen molar-refractivity contribution in [1.82, 2.24) is 10.2 Å². The lowest BCUT2D eigenvalue weighted by molar-refractivity contribution is -0.122. The van der Waals surface area contributed by atoms with Crippen LogP contribution in [0.3, 0.4) is 0 Å². The number of nitrogens with one attached hydrogen (secondary N) is 1. The number of carbonyl (C=O) groups excluding carboxylic acids is 2. The van der Waals surface area contributed by atoms with Crippen LogP contribution in [0.1, 0.15) is 12.0 Å². The van der Waals surface area contributed by atoms with E-state index in [-0.39, 0.29) is 18.0 Å². The number of amides is 3. The highest BCUT2D eigenvalue weighted by Gasteiger charge is 2.44. The Morgan fingerprint density at radius 1 is 1.17 bits per heavy atom. The number of hydrogen-bond donors (Lipinski definition) is 1. The molecule has 1 saturated heterocycles.